The minimum Gasteiger partial charge on any atom is -0.397 e. The molecule has 0 bridgehead atoms. The monoisotopic (exact) mass is 670 g/mol. The summed E-state index contributed by atoms with van der Waals surface area (Å²) in [6.45, 7) is 1.79. The molecule has 3 aromatic carbocycles. The molecule has 0 radical (unpaired) electrons. The van der Waals surface area contributed by atoms with Crippen LogP contribution >= 0.6 is 11.3 Å². The predicted molar refractivity (Wildman–Crippen MR) is 203 cm³/mol. The Kier molecular flexibility index (Phi) is 7.21. The van der Waals surface area contributed by atoms with E-state index >= 15 is 0 Å². The molecule has 242 valence electrons. The third kappa shape index (κ3) is 5.02. The maximum absolute atomic E-state index is 13.5. The van der Waals surface area contributed by atoms with Gasteiger partial charge in [-0.3, -0.25) is 4.79 Å². The van der Waals surface area contributed by atoms with Crippen LogP contribution in [0.25, 0.3) is 65.1 Å². The summed E-state index contributed by atoms with van der Waals surface area (Å²) >= 11 is 1.30. The number of para-hydroxylation sites is 2. The first-order valence-electron chi connectivity index (χ1n) is 16.7. The van der Waals surface area contributed by atoms with Gasteiger partial charge in [0.2, 0.25) is 0 Å². The Bertz CT molecular complexity index is 2690. The Morgan fingerprint density at radius 1 is 0.860 bits per heavy atom. The van der Waals surface area contributed by atoms with E-state index in [1.807, 2.05) is 72.8 Å². The van der Waals surface area contributed by atoms with Gasteiger partial charge in [-0.25, -0.2) is 19.9 Å². The first-order valence-corrected chi connectivity index (χ1v) is 17.5. The van der Waals surface area contributed by atoms with Crippen molar-refractivity contribution in [3.05, 3.63) is 102 Å². The van der Waals surface area contributed by atoms with Crippen LogP contribution in [0, 0.1) is 11.3 Å². The molecule has 6 heterocycles. The zero-order chi connectivity index (χ0) is 33.8. The number of anilines is 3. The van der Waals surface area contributed by atoms with Crippen LogP contribution in [0.1, 0.15) is 34.5 Å². The zero-order valence-electron chi connectivity index (χ0n) is 27.0. The van der Waals surface area contributed by atoms with Crippen LogP contribution in [-0.2, 0) is 0 Å². The molecule has 0 amide bonds. The lowest BCUT2D eigenvalue weighted by Crippen LogP contribution is -2.31. The fourth-order valence-corrected chi connectivity index (χ4v) is 8.00. The largest absolute Gasteiger partial charge is 0.397 e. The normalized spacial score (nSPS) is 13.4. The van der Waals surface area contributed by atoms with E-state index in [1.165, 1.54) is 17.8 Å². The first kappa shape index (κ1) is 29.9. The standard InChI is InChI=1S/C40H30N8OS/c41-20-29-37-28(19-25-9-3-5-11-31(25)46-37)35(47-39(29)48-16-6-1-7-17-48)23-12-14-27(15-13-23)43-22-32(49)38-34(42)33-36-26(21-44-40(33)50-38)18-24-8-2-4-10-30(24)45-36/h2-5,8-15,18-19,21,43H,1,6-7,16-17,22,42H2. The van der Waals surface area contributed by atoms with Gasteiger partial charge in [-0.1, -0.05) is 48.5 Å². The Balaban J connectivity index is 1.03. The van der Waals surface area contributed by atoms with Gasteiger partial charge in [-0.2, -0.15) is 5.26 Å². The maximum Gasteiger partial charge on any atom is 0.193 e. The van der Waals surface area contributed by atoms with Crippen molar-refractivity contribution < 1.29 is 4.79 Å². The lowest BCUT2D eigenvalue weighted by Gasteiger charge is -2.29. The van der Waals surface area contributed by atoms with Gasteiger partial charge in [0, 0.05) is 52.1 Å². The summed E-state index contributed by atoms with van der Waals surface area (Å²) in [7, 11) is 0. The molecule has 5 aromatic heterocycles. The average molecular weight is 671 g/mol. The molecule has 1 saturated heterocycles. The third-order valence-corrected chi connectivity index (χ3v) is 10.7. The number of piperidine rings is 1. The third-order valence-electron chi connectivity index (χ3n) is 9.53. The fourth-order valence-electron chi connectivity index (χ4n) is 7.00. The van der Waals surface area contributed by atoms with E-state index in [9.17, 15) is 10.1 Å². The van der Waals surface area contributed by atoms with Gasteiger partial charge in [0.15, 0.2) is 5.78 Å². The van der Waals surface area contributed by atoms with E-state index in [2.05, 4.69) is 33.4 Å². The predicted octanol–water partition coefficient (Wildman–Crippen LogP) is 8.50. The fraction of sp³-hybridized carbons (Fsp3) is 0.150. The Morgan fingerprint density at radius 3 is 2.30 bits per heavy atom. The first-order chi connectivity index (χ1) is 24.6. The summed E-state index contributed by atoms with van der Waals surface area (Å²) in [5.41, 5.74) is 13.1. The number of pyridine rings is 4. The highest BCUT2D eigenvalue weighted by Gasteiger charge is 2.23. The second-order valence-corrected chi connectivity index (χ2v) is 13.7. The highest BCUT2D eigenvalue weighted by molar-refractivity contribution is 7.21. The van der Waals surface area contributed by atoms with Crippen LogP contribution in [0.4, 0.5) is 17.2 Å². The molecule has 0 saturated carbocycles. The highest BCUT2D eigenvalue weighted by atomic mass is 32.1. The lowest BCUT2D eigenvalue weighted by molar-refractivity contribution is 0.101. The molecule has 9 rings (SSSR count). The number of aromatic nitrogens is 4. The van der Waals surface area contributed by atoms with Crippen LogP contribution in [-0.4, -0.2) is 45.4 Å². The summed E-state index contributed by atoms with van der Waals surface area (Å²) in [6, 6.07) is 30.3. The van der Waals surface area contributed by atoms with Crippen LogP contribution in [0.2, 0.25) is 0 Å². The van der Waals surface area contributed by atoms with E-state index in [-0.39, 0.29) is 12.3 Å². The van der Waals surface area contributed by atoms with Gasteiger partial charge >= 0.3 is 0 Å². The lowest BCUT2D eigenvalue weighted by atomic mass is 10.0. The SMILES string of the molecule is N#Cc1c(N2CCCCC2)nc(-c2ccc(NCC(=O)c3sc4ncc5cc6ccccc6nc5c4c3N)cc2)c2cc3ccccc3nc12. The number of thiophene rings is 1. The molecule has 0 atom stereocenters. The summed E-state index contributed by atoms with van der Waals surface area (Å²) in [5, 5.41) is 18.1. The number of Topliss-reactive ketones (excluding diaryl/α,β-unsaturated/α-hetero) is 1. The maximum atomic E-state index is 13.5. The van der Waals surface area contributed by atoms with Crippen LogP contribution < -0.4 is 16.0 Å². The number of nitrogens with two attached hydrogens (primary N) is 1. The highest BCUT2D eigenvalue weighted by Crippen LogP contribution is 2.39. The van der Waals surface area contributed by atoms with E-state index in [0.717, 1.165) is 86.4 Å². The Morgan fingerprint density at radius 2 is 1.56 bits per heavy atom. The molecule has 50 heavy (non-hydrogen) atoms. The van der Waals surface area contributed by atoms with Crippen molar-refractivity contribution in [3.8, 4) is 17.3 Å². The van der Waals surface area contributed by atoms with E-state index in [1.54, 1.807) is 6.20 Å². The summed E-state index contributed by atoms with van der Waals surface area (Å²) in [6.07, 6.45) is 5.11. The molecular formula is C40H30N8OS. The quantitative estimate of drug-likeness (QED) is 0.132. The molecule has 8 aromatic rings. The molecular weight excluding hydrogens is 641 g/mol. The number of nitrogen functional groups attached to an aromatic ring is 1. The average Bonchev–Trinajstić information content (AvgIpc) is 3.51. The number of nitrogens with one attached hydrogen (secondary N) is 1. The Labute approximate surface area is 291 Å². The zero-order valence-corrected chi connectivity index (χ0v) is 27.8. The number of nitrogens with zero attached hydrogens (tertiary/aromatic N) is 6. The minimum atomic E-state index is -0.118. The molecule has 1 aliphatic heterocycles. The number of fused-ring (bicyclic) bond motifs is 6. The summed E-state index contributed by atoms with van der Waals surface area (Å²) in [4.78, 5) is 36.5. The van der Waals surface area contributed by atoms with E-state index < -0.39 is 0 Å². The number of rotatable bonds is 6. The molecule has 0 unspecified atom stereocenters. The number of benzene rings is 3. The number of hydrogen-bond acceptors (Lipinski definition) is 10. The van der Waals surface area contributed by atoms with Gasteiger partial charge < -0.3 is 16.0 Å². The number of carbonyl (C=O) groups excluding carboxylic acids is 1. The van der Waals surface area contributed by atoms with Crippen molar-refractivity contribution in [2.45, 2.75) is 19.3 Å². The number of carbonyl (C=O) groups is 1. The summed E-state index contributed by atoms with van der Waals surface area (Å²) < 4.78 is 0. The summed E-state index contributed by atoms with van der Waals surface area (Å²) in [5.74, 6) is 0.573. The smallest absolute Gasteiger partial charge is 0.193 e. The van der Waals surface area contributed by atoms with Crippen molar-refractivity contribution in [3.63, 3.8) is 0 Å². The molecule has 1 fully saturated rings. The molecule has 3 N–H and O–H groups in total. The second-order valence-electron chi connectivity index (χ2n) is 12.7. The van der Waals surface area contributed by atoms with Crippen LogP contribution in [0.3, 0.4) is 0 Å². The van der Waals surface area contributed by atoms with Crippen molar-refractivity contribution in [2.75, 3.05) is 35.6 Å². The van der Waals surface area contributed by atoms with Gasteiger partial charge in [0.1, 0.15) is 22.3 Å². The van der Waals surface area contributed by atoms with Crippen molar-refractivity contribution in [2.24, 2.45) is 0 Å². The van der Waals surface area contributed by atoms with Crippen molar-refractivity contribution in [1.29, 1.82) is 5.26 Å². The van der Waals surface area contributed by atoms with Gasteiger partial charge in [-0.15, -0.1) is 11.3 Å². The van der Waals surface area contributed by atoms with Crippen LogP contribution in [0.15, 0.2) is 91.1 Å². The number of hydrogen-bond donors (Lipinski definition) is 2. The molecule has 9 nitrogen and oxygen atoms in total. The number of ketones is 1. The molecule has 10 heteroatoms. The van der Waals surface area contributed by atoms with Gasteiger partial charge in [0.25, 0.3) is 0 Å². The minimum absolute atomic E-state index is 0.0672. The Hall–Kier alpha value is -6.18. The van der Waals surface area contributed by atoms with E-state index in [0.29, 0.717) is 32.3 Å². The molecule has 0 aliphatic carbocycles. The second kappa shape index (κ2) is 12.1. The van der Waals surface area contributed by atoms with Crippen molar-refractivity contribution in [1.82, 2.24) is 19.9 Å². The number of nitriles is 1. The van der Waals surface area contributed by atoms with E-state index in [4.69, 9.17) is 20.7 Å². The van der Waals surface area contributed by atoms with Crippen molar-refractivity contribution >= 4 is 88.1 Å². The van der Waals surface area contributed by atoms with Crippen LogP contribution in [0.5, 0.6) is 0 Å². The molecule has 0 spiro atoms. The molecule has 1 aliphatic rings. The van der Waals surface area contributed by atoms with Gasteiger partial charge in [-0.05, 0) is 55.7 Å². The van der Waals surface area contributed by atoms with Gasteiger partial charge in [0.05, 0.1) is 50.3 Å². The topological polar surface area (TPSA) is 134 Å².